The maximum atomic E-state index is 11.4. The van der Waals surface area contributed by atoms with Crippen molar-refractivity contribution in [1.82, 2.24) is 4.98 Å². The summed E-state index contributed by atoms with van der Waals surface area (Å²) in [4.78, 5) is 16.7. The van der Waals surface area contributed by atoms with Crippen LogP contribution in [-0.4, -0.2) is 28.9 Å². The largest absolute Gasteiger partial charge is 0.469 e. The Morgan fingerprint density at radius 3 is 2.80 bits per heavy atom. The number of hydrogen-bond acceptors (Lipinski definition) is 5. The van der Waals surface area contributed by atoms with Gasteiger partial charge in [0.25, 0.3) is 0 Å². The van der Waals surface area contributed by atoms with E-state index >= 15 is 0 Å². The molecule has 1 aromatic rings. The van der Waals surface area contributed by atoms with Crippen LogP contribution in [0.3, 0.4) is 0 Å². The number of hydrogen-bond donors (Lipinski definition) is 1. The van der Waals surface area contributed by atoms with Gasteiger partial charge in [-0.3, -0.25) is 9.78 Å². The molecule has 0 radical (unpaired) electrons. The van der Waals surface area contributed by atoms with E-state index in [0.29, 0.717) is 18.5 Å². The molecule has 0 spiro atoms. The van der Waals surface area contributed by atoms with Gasteiger partial charge in [0.05, 0.1) is 25.3 Å². The van der Waals surface area contributed by atoms with Gasteiger partial charge in [0.15, 0.2) is 0 Å². The maximum absolute atomic E-state index is 11.4. The molecule has 1 fully saturated rings. The summed E-state index contributed by atoms with van der Waals surface area (Å²) in [6.07, 6.45) is 4.68. The molecule has 1 atom stereocenters. The van der Waals surface area contributed by atoms with Gasteiger partial charge in [0.1, 0.15) is 0 Å². The van der Waals surface area contributed by atoms with E-state index in [1.165, 1.54) is 7.11 Å². The summed E-state index contributed by atoms with van der Waals surface area (Å²) in [5, 5.41) is 9.69. The first kappa shape index (κ1) is 15.3. The van der Waals surface area contributed by atoms with Crippen LogP contribution in [-0.2, 0) is 9.53 Å². The van der Waals surface area contributed by atoms with E-state index in [4.69, 9.17) is 4.74 Å². The molecule has 110 valence electrons. The number of methoxy groups -OCH3 is 1. The zero-order chi connectivity index (χ0) is 14.6. The predicted octanol–water partition coefficient (Wildman–Crippen LogP) is 2.96. The van der Waals surface area contributed by atoms with Crippen molar-refractivity contribution in [2.45, 2.75) is 43.6 Å². The van der Waals surface area contributed by atoms with Crippen molar-refractivity contribution in [2.75, 3.05) is 12.9 Å². The minimum atomic E-state index is -0.483. The Bertz CT molecular complexity index is 457. The average Bonchev–Trinajstić information content (AvgIpc) is 3.24. The highest BCUT2D eigenvalue weighted by Crippen LogP contribution is 2.52. The number of rotatable bonds is 7. The van der Waals surface area contributed by atoms with E-state index in [1.54, 1.807) is 18.0 Å². The second kappa shape index (κ2) is 6.59. The van der Waals surface area contributed by atoms with Crippen molar-refractivity contribution in [3.63, 3.8) is 0 Å². The Morgan fingerprint density at radius 2 is 2.30 bits per heavy atom. The topological polar surface area (TPSA) is 59.4 Å². The quantitative estimate of drug-likeness (QED) is 0.619. The van der Waals surface area contributed by atoms with Crippen LogP contribution in [0.2, 0.25) is 0 Å². The molecule has 5 heteroatoms. The lowest BCUT2D eigenvalue weighted by atomic mass is 10.1. The van der Waals surface area contributed by atoms with E-state index < -0.39 is 6.10 Å². The van der Waals surface area contributed by atoms with Crippen LogP contribution in [0.4, 0.5) is 0 Å². The molecule has 1 aliphatic rings. The van der Waals surface area contributed by atoms with Crippen molar-refractivity contribution in [1.29, 1.82) is 0 Å². The van der Waals surface area contributed by atoms with Gasteiger partial charge in [-0.25, -0.2) is 0 Å². The van der Waals surface area contributed by atoms with Gasteiger partial charge in [-0.05, 0) is 36.8 Å². The number of nitrogens with zero attached hydrogens (tertiary/aromatic N) is 1. The molecule has 1 aliphatic carbocycles. The molecule has 2 rings (SSSR count). The molecule has 0 aliphatic heterocycles. The fourth-order valence-electron chi connectivity index (χ4n) is 2.05. The minimum Gasteiger partial charge on any atom is -0.469 e. The number of aromatic nitrogens is 1. The highest BCUT2D eigenvalue weighted by molar-refractivity contribution is 7.99. The van der Waals surface area contributed by atoms with Crippen LogP contribution >= 0.6 is 11.8 Å². The molecule has 0 bridgehead atoms. The molecule has 0 saturated heterocycles. The van der Waals surface area contributed by atoms with Gasteiger partial charge in [-0.1, -0.05) is 6.92 Å². The number of carbonyl (C=O) groups is 1. The smallest absolute Gasteiger partial charge is 0.306 e. The summed E-state index contributed by atoms with van der Waals surface area (Å²) in [5.41, 5.74) is 0.840. The van der Waals surface area contributed by atoms with Gasteiger partial charge in [-0.2, -0.15) is 0 Å². The molecule has 1 heterocycles. The molecular formula is C15H21NO3S. The van der Waals surface area contributed by atoms with E-state index in [-0.39, 0.29) is 11.4 Å². The Balaban J connectivity index is 1.86. The highest BCUT2D eigenvalue weighted by Gasteiger charge is 2.44. The van der Waals surface area contributed by atoms with Crippen LogP contribution in [0.15, 0.2) is 23.2 Å². The van der Waals surface area contributed by atoms with Crippen LogP contribution in [0, 0.1) is 5.41 Å². The Morgan fingerprint density at radius 1 is 1.55 bits per heavy atom. The Labute approximate surface area is 123 Å². The Hall–Kier alpha value is -1.07. The normalized spacial score (nSPS) is 17.6. The third kappa shape index (κ3) is 3.96. The summed E-state index contributed by atoms with van der Waals surface area (Å²) in [6.45, 7) is 1.93. The fraction of sp³-hybridized carbons (Fsp3) is 0.600. The zero-order valence-electron chi connectivity index (χ0n) is 12.0. The number of ether oxygens (including phenoxy) is 1. The second-order valence-electron chi connectivity index (χ2n) is 5.38. The number of pyridine rings is 1. The number of esters is 1. The maximum Gasteiger partial charge on any atom is 0.306 e. The standard InChI is InChI=1S/C15H21NO3S/c1-3-13(17)12-5-4-11(9-16-12)20-10-15(6-7-15)8-14(18)19-2/h4-5,9,13,17H,3,6-8,10H2,1-2H3/t13-/m0/s1. The highest BCUT2D eigenvalue weighted by atomic mass is 32.2. The lowest BCUT2D eigenvalue weighted by molar-refractivity contribution is -0.141. The van der Waals surface area contributed by atoms with Crippen molar-refractivity contribution in [3.8, 4) is 0 Å². The van der Waals surface area contributed by atoms with Crippen molar-refractivity contribution < 1.29 is 14.6 Å². The summed E-state index contributed by atoms with van der Waals surface area (Å²) in [6, 6.07) is 3.86. The van der Waals surface area contributed by atoms with E-state index in [1.807, 2.05) is 19.1 Å². The van der Waals surface area contributed by atoms with Crippen LogP contribution < -0.4 is 0 Å². The summed E-state index contributed by atoms with van der Waals surface area (Å²) in [5.74, 6) is 0.794. The van der Waals surface area contributed by atoms with E-state index in [0.717, 1.165) is 23.5 Å². The predicted molar refractivity (Wildman–Crippen MR) is 78.5 cm³/mol. The SMILES string of the molecule is CC[C@H](O)c1ccc(SCC2(CC(=O)OC)CC2)cn1. The van der Waals surface area contributed by atoms with Crippen LogP contribution in [0.5, 0.6) is 0 Å². The van der Waals surface area contributed by atoms with Gasteiger partial charge in [0, 0.05) is 16.8 Å². The molecule has 0 amide bonds. The molecule has 1 N–H and O–H groups in total. The lowest BCUT2D eigenvalue weighted by Gasteiger charge is -2.13. The first-order valence-corrected chi connectivity index (χ1v) is 7.91. The zero-order valence-corrected chi connectivity index (χ0v) is 12.8. The number of aliphatic hydroxyl groups is 1. The lowest BCUT2D eigenvalue weighted by Crippen LogP contribution is -2.13. The molecular weight excluding hydrogens is 274 g/mol. The fourth-order valence-corrected chi connectivity index (χ4v) is 3.20. The number of thioether (sulfide) groups is 1. The van der Waals surface area contributed by atoms with Gasteiger partial charge in [0.2, 0.25) is 0 Å². The molecule has 0 aromatic carbocycles. The van der Waals surface area contributed by atoms with Crippen molar-refractivity contribution in [2.24, 2.45) is 5.41 Å². The Kier molecular flexibility index (Phi) is 5.05. The molecule has 1 aromatic heterocycles. The third-order valence-electron chi connectivity index (χ3n) is 3.74. The van der Waals surface area contributed by atoms with Gasteiger partial charge >= 0.3 is 5.97 Å². The molecule has 4 nitrogen and oxygen atoms in total. The van der Waals surface area contributed by atoms with Crippen molar-refractivity contribution >= 4 is 17.7 Å². The van der Waals surface area contributed by atoms with Crippen LogP contribution in [0.25, 0.3) is 0 Å². The van der Waals surface area contributed by atoms with Crippen molar-refractivity contribution in [3.05, 3.63) is 24.0 Å². The minimum absolute atomic E-state index is 0.123. The van der Waals surface area contributed by atoms with Gasteiger partial charge in [-0.15, -0.1) is 11.8 Å². The first-order valence-electron chi connectivity index (χ1n) is 6.92. The summed E-state index contributed by atoms with van der Waals surface area (Å²) < 4.78 is 4.74. The monoisotopic (exact) mass is 295 g/mol. The van der Waals surface area contributed by atoms with E-state index in [2.05, 4.69) is 4.98 Å². The number of carbonyl (C=O) groups excluding carboxylic acids is 1. The molecule has 1 saturated carbocycles. The van der Waals surface area contributed by atoms with Crippen LogP contribution in [0.1, 0.15) is 44.4 Å². The number of aliphatic hydroxyl groups excluding tert-OH is 1. The van der Waals surface area contributed by atoms with E-state index in [9.17, 15) is 9.90 Å². The molecule has 20 heavy (non-hydrogen) atoms. The summed E-state index contributed by atoms with van der Waals surface area (Å²) >= 11 is 1.72. The first-order chi connectivity index (χ1) is 9.58. The molecule has 0 unspecified atom stereocenters. The van der Waals surface area contributed by atoms with Gasteiger partial charge < -0.3 is 9.84 Å². The third-order valence-corrected chi connectivity index (χ3v) is 5.07. The summed E-state index contributed by atoms with van der Waals surface area (Å²) in [7, 11) is 1.44. The average molecular weight is 295 g/mol. The second-order valence-corrected chi connectivity index (χ2v) is 6.43.